The summed E-state index contributed by atoms with van der Waals surface area (Å²) in [7, 11) is 0. The molecule has 4 heterocycles. The number of hydrogen-bond acceptors (Lipinski definition) is 5. The fraction of sp³-hybridized carbons (Fsp3) is 0.667. The van der Waals surface area contributed by atoms with Crippen LogP contribution >= 0.6 is 11.3 Å². The van der Waals surface area contributed by atoms with Gasteiger partial charge < -0.3 is 14.7 Å². The minimum atomic E-state index is -0.669. The molecule has 2 aliphatic heterocycles. The maximum atomic E-state index is 12.7. The van der Waals surface area contributed by atoms with Crippen molar-refractivity contribution in [1.29, 1.82) is 0 Å². The van der Waals surface area contributed by atoms with Crippen LogP contribution in [0.15, 0.2) is 17.8 Å². The Hall–Kier alpha value is -1.44. The molecule has 0 radical (unpaired) electrons. The van der Waals surface area contributed by atoms with Crippen molar-refractivity contribution in [3.63, 3.8) is 0 Å². The molecule has 2 aromatic rings. The first kappa shape index (κ1) is 17.0. The summed E-state index contributed by atoms with van der Waals surface area (Å²) in [6.45, 7) is 4.79. The van der Waals surface area contributed by atoms with Crippen LogP contribution in [0.4, 0.5) is 0 Å². The SMILES string of the molecule is C[C@@H]1CN(C(=O)Cc2cn3ccsc3n2)CC[C@@]1(O)C1CCOCC1. The fourth-order valence-corrected chi connectivity index (χ4v) is 5.02. The quantitative estimate of drug-likeness (QED) is 0.905. The summed E-state index contributed by atoms with van der Waals surface area (Å²) >= 11 is 1.57. The van der Waals surface area contributed by atoms with Crippen LogP contribution in [0.5, 0.6) is 0 Å². The van der Waals surface area contributed by atoms with E-state index >= 15 is 0 Å². The zero-order valence-corrected chi connectivity index (χ0v) is 15.4. The molecule has 2 aromatic heterocycles. The second-order valence-electron chi connectivity index (χ2n) is 7.37. The molecule has 2 saturated heterocycles. The summed E-state index contributed by atoms with van der Waals surface area (Å²) in [5.74, 6) is 0.471. The summed E-state index contributed by atoms with van der Waals surface area (Å²) in [4.78, 5) is 20.0. The number of nitrogens with zero attached hydrogens (tertiary/aromatic N) is 3. The average Bonchev–Trinajstić information content (AvgIpc) is 3.19. The lowest BCUT2D eigenvalue weighted by atomic mass is 9.70. The lowest BCUT2D eigenvalue weighted by molar-refractivity contribution is -0.150. The number of ether oxygens (including phenoxy) is 1. The molecule has 1 amide bonds. The van der Waals surface area contributed by atoms with Gasteiger partial charge in [-0.25, -0.2) is 4.98 Å². The van der Waals surface area contributed by atoms with Crippen LogP contribution in [0.1, 0.15) is 31.9 Å². The number of aliphatic hydroxyl groups is 1. The highest BCUT2D eigenvalue weighted by Gasteiger charge is 2.45. The van der Waals surface area contributed by atoms with Crippen LogP contribution in [0.25, 0.3) is 4.96 Å². The number of rotatable bonds is 3. The van der Waals surface area contributed by atoms with Crippen molar-refractivity contribution in [3.05, 3.63) is 23.5 Å². The number of imidazole rings is 1. The monoisotopic (exact) mass is 363 g/mol. The van der Waals surface area contributed by atoms with Gasteiger partial charge in [-0.15, -0.1) is 11.3 Å². The Morgan fingerprint density at radius 1 is 1.48 bits per heavy atom. The Morgan fingerprint density at radius 2 is 2.28 bits per heavy atom. The molecule has 0 aromatic carbocycles. The second-order valence-corrected chi connectivity index (χ2v) is 8.24. The molecular weight excluding hydrogens is 338 g/mol. The number of fused-ring (bicyclic) bond motifs is 1. The topological polar surface area (TPSA) is 67.1 Å². The van der Waals surface area contributed by atoms with E-state index in [4.69, 9.17) is 4.74 Å². The molecule has 6 nitrogen and oxygen atoms in total. The van der Waals surface area contributed by atoms with Crippen molar-refractivity contribution in [1.82, 2.24) is 14.3 Å². The third-order valence-corrected chi connectivity index (χ3v) is 6.66. The summed E-state index contributed by atoms with van der Waals surface area (Å²) in [5.41, 5.74) is 0.146. The van der Waals surface area contributed by atoms with E-state index in [1.165, 1.54) is 0 Å². The molecular formula is C18H25N3O3S. The van der Waals surface area contributed by atoms with Crippen LogP contribution in [-0.2, 0) is 16.0 Å². The minimum Gasteiger partial charge on any atom is -0.389 e. The smallest absolute Gasteiger partial charge is 0.228 e. The summed E-state index contributed by atoms with van der Waals surface area (Å²) < 4.78 is 7.39. The first-order valence-electron chi connectivity index (χ1n) is 9.05. The number of thiazole rings is 1. The van der Waals surface area contributed by atoms with E-state index < -0.39 is 5.60 Å². The van der Waals surface area contributed by atoms with Crippen molar-refractivity contribution in [3.8, 4) is 0 Å². The number of amides is 1. The Balaban J connectivity index is 1.39. The molecule has 0 unspecified atom stereocenters. The van der Waals surface area contributed by atoms with Crippen LogP contribution in [0.3, 0.4) is 0 Å². The molecule has 2 fully saturated rings. The maximum Gasteiger partial charge on any atom is 0.228 e. The van der Waals surface area contributed by atoms with E-state index in [9.17, 15) is 9.90 Å². The van der Waals surface area contributed by atoms with Gasteiger partial charge in [0.25, 0.3) is 0 Å². The molecule has 1 N–H and O–H groups in total. The van der Waals surface area contributed by atoms with Gasteiger partial charge in [0, 0.05) is 50.0 Å². The summed E-state index contributed by atoms with van der Waals surface area (Å²) in [5, 5.41) is 13.2. The summed E-state index contributed by atoms with van der Waals surface area (Å²) in [6, 6.07) is 0. The number of carbonyl (C=O) groups excluding carboxylic acids is 1. The van der Waals surface area contributed by atoms with E-state index in [0.29, 0.717) is 25.9 Å². The molecule has 0 spiro atoms. The Morgan fingerprint density at radius 3 is 3.00 bits per heavy atom. The molecule has 2 aliphatic rings. The van der Waals surface area contributed by atoms with Crippen molar-refractivity contribution in [2.45, 2.75) is 38.2 Å². The molecule has 25 heavy (non-hydrogen) atoms. The molecule has 0 bridgehead atoms. The Labute approximate surface area is 151 Å². The van der Waals surface area contributed by atoms with Crippen molar-refractivity contribution in [2.75, 3.05) is 26.3 Å². The zero-order chi connectivity index (χ0) is 17.4. The Bertz CT molecular complexity index is 723. The van der Waals surface area contributed by atoms with Gasteiger partial charge in [-0.1, -0.05) is 6.92 Å². The largest absolute Gasteiger partial charge is 0.389 e. The predicted octanol–water partition coefficient (Wildman–Crippen LogP) is 1.96. The van der Waals surface area contributed by atoms with Crippen LogP contribution < -0.4 is 0 Å². The van der Waals surface area contributed by atoms with Gasteiger partial charge in [-0.05, 0) is 25.2 Å². The average molecular weight is 363 g/mol. The first-order chi connectivity index (χ1) is 12.1. The third-order valence-electron chi connectivity index (χ3n) is 5.89. The zero-order valence-electron chi connectivity index (χ0n) is 14.6. The van der Waals surface area contributed by atoms with Crippen molar-refractivity contribution >= 4 is 22.2 Å². The van der Waals surface area contributed by atoms with E-state index in [0.717, 1.165) is 36.7 Å². The van der Waals surface area contributed by atoms with Gasteiger partial charge in [0.05, 0.1) is 17.7 Å². The lowest BCUT2D eigenvalue weighted by Gasteiger charge is -2.48. The highest BCUT2D eigenvalue weighted by Crippen LogP contribution is 2.39. The van der Waals surface area contributed by atoms with Gasteiger partial charge in [-0.2, -0.15) is 0 Å². The summed E-state index contributed by atoms with van der Waals surface area (Å²) in [6.07, 6.45) is 6.70. The Kier molecular flexibility index (Phi) is 4.56. The maximum absolute atomic E-state index is 12.7. The number of hydrogen-bond donors (Lipinski definition) is 1. The normalized spacial score (nSPS) is 28.6. The predicted molar refractivity (Wildman–Crippen MR) is 95.6 cm³/mol. The number of carbonyl (C=O) groups is 1. The lowest BCUT2D eigenvalue weighted by Crippen LogP contribution is -2.57. The number of aromatic nitrogens is 2. The second kappa shape index (κ2) is 6.70. The van der Waals surface area contributed by atoms with E-state index in [1.807, 2.05) is 27.1 Å². The molecule has 4 rings (SSSR count). The third kappa shape index (κ3) is 3.20. The molecule has 0 saturated carbocycles. The van der Waals surface area contributed by atoms with Gasteiger partial charge >= 0.3 is 0 Å². The highest BCUT2D eigenvalue weighted by molar-refractivity contribution is 7.15. The highest BCUT2D eigenvalue weighted by atomic mass is 32.1. The standard InChI is InChI=1S/C18H25N3O3S/c1-13-11-20(5-4-18(13,23)14-2-7-24-8-3-14)16(22)10-15-12-21-6-9-25-17(21)19-15/h6,9,12-14,23H,2-5,7-8,10-11H2,1H3/t13-,18+/m1/s1. The fourth-order valence-electron chi connectivity index (χ4n) is 4.30. The van der Waals surface area contributed by atoms with Crippen molar-refractivity contribution < 1.29 is 14.6 Å². The molecule has 2 atom stereocenters. The van der Waals surface area contributed by atoms with Gasteiger partial charge in [0.2, 0.25) is 5.91 Å². The minimum absolute atomic E-state index is 0.0822. The first-order valence-corrected chi connectivity index (χ1v) is 9.93. The number of piperidine rings is 1. The molecule has 0 aliphatic carbocycles. The van der Waals surface area contributed by atoms with Crippen LogP contribution in [0.2, 0.25) is 0 Å². The van der Waals surface area contributed by atoms with Crippen LogP contribution in [-0.4, -0.2) is 57.2 Å². The van der Waals surface area contributed by atoms with Crippen molar-refractivity contribution in [2.24, 2.45) is 11.8 Å². The molecule has 7 heteroatoms. The van der Waals surface area contributed by atoms with E-state index in [2.05, 4.69) is 11.9 Å². The van der Waals surface area contributed by atoms with E-state index in [-0.39, 0.29) is 17.7 Å². The van der Waals surface area contributed by atoms with E-state index in [1.54, 1.807) is 11.3 Å². The van der Waals surface area contributed by atoms with Crippen LogP contribution in [0, 0.1) is 11.8 Å². The van der Waals surface area contributed by atoms with Gasteiger partial charge in [0.1, 0.15) is 0 Å². The van der Waals surface area contributed by atoms with Gasteiger partial charge in [0.15, 0.2) is 4.96 Å². The number of likely N-dealkylation sites (tertiary alicyclic amines) is 1. The van der Waals surface area contributed by atoms with Gasteiger partial charge in [-0.3, -0.25) is 9.20 Å². The molecule has 136 valence electrons.